The molecule has 0 spiro atoms. The normalized spacial score (nSPS) is 17.0. The minimum atomic E-state index is 0.0196. The van der Waals surface area contributed by atoms with E-state index in [1.807, 2.05) is 30.5 Å². The lowest BCUT2D eigenvalue weighted by Gasteiger charge is -2.10. The summed E-state index contributed by atoms with van der Waals surface area (Å²) >= 11 is 0. The number of fused-ring (bicyclic) bond motifs is 1. The summed E-state index contributed by atoms with van der Waals surface area (Å²) < 4.78 is 0. The Morgan fingerprint density at radius 1 is 1.41 bits per heavy atom. The van der Waals surface area contributed by atoms with Gasteiger partial charge < -0.3 is 10.3 Å². The minimum Gasteiger partial charge on any atom is -0.361 e. The van der Waals surface area contributed by atoms with Crippen LogP contribution in [0.25, 0.3) is 10.9 Å². The molecular weight excluding hydrogens is 212 g/mol. The van der Waals surface area contributed by atoms with Crippen LogP contribution in [0.2, 0.25) is 0 Å². The van der Waals surface area contributed by atoms with Crippen LogP contribution in [0.4, 0.5) is 0 Å². The van der Waals surface area contributed by atoms with E-state index in [4.69, 9.17) is 0 Å². The van der Waals surface area contributed by atoms with E-state index in [2.05, 4.69) is 17.2 Å². The standard InChI is InChI=1S/C14H16N2O/c1-14(6-7-14)9-16-13(17)11-4-2-3-10-5-8-15-12(10)11/h2-5,8,15H,6-7,9H2,1H3,(H,16,17). The molecule has 3 heteroatoms. The fourth-order valence-corrected chi connectivity index (χ4v) is 2.05. The van der Waals surface area contributed by atoms with Gasteiger partial charge in [-0.05, 0) is 30.4 Å². The number of carbonyl (C=O) groups is 1. The molecule has 0 radical (unpaired) electrons. The highest BCUT2D eigenvalue weighted by molar-refractivity contribution is 6.05. The molecule has 1 amide bonds. The van der Waals surface area contributed by atoms with E-state index in [9.17, 15) is 4.79 Å². The van der Waals surface area contributed by atoms with Crippen LogP contribution in [0, 0.1) is 5.41 Å². The number of amides is 1. The summed E-state index contributed by atoms with van der Waals surface area (Å²) in [6.45, 7) is 2.99. The Morgan fingerprint density at radius 2 is 2.24 bits per heavy atom. The molecule has 2 N–H and O–H groups in total. The lowest BCUT2D eigenvalue weighted by molar-refractivity contribution is 0.0947. The van der Waals surface area contributed by atoms with Gasteiger partial charge in [-0.1, -0.05) is 19.1 Å². The summed E-state index contributed by atoms with van der Waals surface area (Å²) in [4.78, 5) is 15.2. The monoisotopic (exact) mass is 228 g/mol. The average molecular weight is 228 g/mol. The molecule has 0 unspecified atom stereocenters. The Bertz CT molecular complexity index is 566. The molecule has 0 aliphatic heterocycles. The van der Waals surface area contributed by atoms with Crippen LogP contribution < -0.4 is 5.32 Å². The Hall–Kier alpha value is -1.77. The van der Waals surface area contributed by atoms with Gasteiger partial charge in [0, 0.05) is 18.1 Å². The molecule has 3 nitrogen and oxygen atoms in total. The summed E-state index contributed by atoms with van der Waals surface area (Å²) in [5, 5.41) is 4.10. The molecule has 17 heavy (non-hydrogen) atoms. The molecule has 1 saturated carbocycles. The minimum absolute atomic E-state index is 0.0196. The molecule has 2 aromatic rings. The molecule has 1 aliphatic carbocycles. The number of hydrogen-bond acceptors (Lipinski definition) is 1. The van der Waals surface area contributed by atoms with Gasteiger partial charge in [-0.15, -0.1) is 0 Å². The lowest BCUT2D eigenvalue weighted by atomic mass is 10.1. The average Bonchev–Trinajstić information content (AvgIpc) is 2.89. The summed E-state index contributed by atoms with van der Waals surface area (Å²) in [7, 11) is 0. The van der Waals surface area contributed by atoms with Crippen LogP contribution in [0.15, 0.2) is 30.5 Å². The Labute approximate surface area is 100 Å². The van der Waals surface area contributed by atoms with Crippen LogP contribution in [0.3, 0.4) is 0 Å². The molecule has 1 aromatic carbocycles. The largest absolute Gasteiger partial charge is 0.361 e. The van der Waals surface area contributed by atoms with Crippen molar-refractivity contribution in [2.45, 2.75) is 19.8 Å². The van der Waals surface area contributed by atoms with E-state index in [0.717, 1.165) is 23.0 Å². The molecule has 88 valence electrons. The van der Waals surface area contributed by atoms with Crippen LogP contribution >= 0.6 is 0 Å². The van der Waals surface area contributed by atoms with E-state index in [1.54, 1.807) is 0 Å². The van der Waals surface area contributed by atoms with Gasteiger partial charge in [0.2, 0.25) is 0 Å². The van der Waals surface area contributed by atoms with E-state index in [0.29, 0.717) is 5.41 Å². The van der Waals surface area contributed by atoms with Crippen molar-refractivity contribution < 1.29 is 4.79 Å². The van der Waals surface area contributed by atoms with Crippen molar-refractivity contribution in [3.8, 4) is 0 Å². The zero-order valence-corrected chi connectivity index (χ0v) is 9.92. The first-order valence-electron chi connectivity index (χ1n) is 6.02. The first-order valence-corrected chi connectivity index (χ1v) is 6.02. The van der Waals surface area contributed by atoms with Crippen molar-refractivity contribution in [1.82, 2.24) is 10.3 Å². The van der Waals surface area contributed by atoms with Gasteiger partial charge in [0.25, 0.3) is 5.91 Å². The summed E-state index contributed by atoms with van der Waals surface area (Å²) in [5.41, 5.74) is 2.00. The zero-order valence-electron chi connectivity index (χ0n) is 9.92. The molecule has 0 atom stereocenters. The maximum atomic E-state index is 12.1. The van der Waals surface area contributed by atoms with Crippen molar-refractivity contribution in [2.24, 2.45) is 5.41 Å². The number of para-hydroxylation sites is 1. The quantitative estimate of drug-likeness (QED) is 0.833. The third-order valence-electron chi connectivity index (χ3n) is 3.61. The molecule has 1 heterocycles. The number of aromatic nitrogens is 1. The fraction of sp³-hybridized carbons (Fsp3) is 0.357. The van der Waals surface area contributed by atoms with Gasteiger partial charge in [-0.2, -0.15) is 0 Å². The number of H-pyrrole nitrogens is 1. The van der Waals surface area contributed by atoms with E-state index in [1.165, 1.54) is 12.8 Å². The van der Waals surface area contributed by atoms with Crippen molar-refractivity contribution in [3.05, 3.63) is 36.0 Å². The first kappa shape index (κ1) is 10.4. The Balaban J connectivity index is 1.82. The van der Waals surface area contributed by atoms with Gasteiger partial charge in [0.05, 0.1) is 11.1 Å². The first-order chi connectivity index (χ1) is 8.18. The van der Waals surface area contributed by atoms with Gasteiger partial charge in [-0.3, -0.25) is 4.79 Å². The number of aromatic amines is 1. The molecular formula is C14H16N2O. The summed E-state index contributed by atoms with van der Waals surface area (Å²) in [6.07, 6.45) is 4.31. The van der Waals surface area contributed by atoms with E-state index >= 15 is 0 Å². The smallest absolute Gasteiger partial charge is 0.253 e. The molecule has 0 saturated heterocycles. The van der Waals surface area contributed by atoms with Crippen molar-refractivity contribution in [3.63, 3.8) is 0 Å². The van der Waals surface area contributed by atoms with Crippen LogP contribution in [-0.4, -0.2) is 17.4 Å². The van der Waals surface area contributed by atoms with E-state index < -0.39 is 0 Å². The molecule has 1 fully saturated rings. The zero-order chi connectivity index (χ0) is 11.9. The van der Waals surface area contributed by atoms with E-state index in [-0.39, 0.29) is 5.91 Å². The third-order valence-corrected chi connectivity index (χ3v) is 3.61. The number of carbonyl (C=O) groups excluding carboxylic acids is 1. The number of nitrogens with one attached hydrogen (secondary N) is 2. The molecule has 3 rings (SSSR count). The van der Waals surface area contributed by atoms with Crippen molar-refractivity contribution in [1.29, 1.82) is 0 Å². The van der Waals surface area contributed by atoms with Crippen LogP contribution in [0.5, 0.6) is 0 Å². The topological polar surface area (TPSA) is 44.9 Å². The predicted molar refractivity (Wildman–Crippen MR) is 68.0 cm³/mol. The highest BCUT2D eigenvalue weighted by Gasteiger charge is 2.37. The second kappa shape index (κ2) is 3.62. The fourth-order valence-electron chi connectivity index (χ4n) is 2.05. The second-order valence-corrected chi connectivity index (χ2v) is 5.24. The van der Waals surface area contributed by atoms with Gasteiger partial charge in [0.15, 0.2) is 0 Å². The second-order valence-electron chi connectivity index (χ2n) is 5.24. The molecule has 0 bridgehead atoms. The number of benzene rings is 1. The van der Waals surface area contributed by atoms with Crippen molar-refractivity contribution in [2.75, 3.05) is 6.54 Å². The summed E-state index contributed by atoms with van der Waals surface area (Å²) in [5.74, 6) is 0.0196. The lowest BCUT2D eigenvalue weighted by Crippen LogP contribution is -2.29. The predicted octanol–water partition coefficient (Wildman–Crippen LogP) is 2.70. The summed E-state index contributed by atoms with van der Waals surface area (Å²) in [6, 6.07) is 7.77. The van der Waals surface area contributed by atoms with Crippen LogP contribution in [0.1, 0.15) is 30.1 Å². The Morgan fingerprint density at radius 3 is 3.00 bits per heavy atom. The highest BCUT2D eigenvalue weighted by atomic mass is 16.1. The van der Waals surface area contributed by atoms with Crippen LogP contribution in [-0.2, 0) is 0 Å². The van der Waals surface area contributed by atoms with Gasteiger partial charge in [-0.25, -0.2) is 0 Å². The van der Waals surface area contributed by atoms with Gasteiger partial charge in [0.1, 0.15) is 0 Å². The highest BCUT2D eigenvalue weighted by Crippen LogP contribution is 2.44. The number of hydrogen-bond donors (Lipinski definition) is 2. The van der Waals surface area contributed by atoms with Gasteiger partial charge >= 0.3 is 0 Å². The maximum absolute atomic E-state index is 12.1. The molecule has 1 aromatic heterocycles. The Kier molecular flexibility index (Phi) is 2.21. The third kappa shape index (κ3) is 1.93. The molecule has 1 aliphatic rings. The SMILES string of the molecule is CC1(CNC(=O)c2cccc3cc[nH]c23)CC1. The maximum Gasteiger partial charge on any atom is 0.253 e. The number of rotatable bonds is 3. The van der Waals surface area contributed by atoms with Crippen molar-refractivity contribution >= 4 is 16.8 Å².